The van der Waals surface area contributed by atoms with Crippen LogP contribution in [0.3, 0.4) is 0 Å². The summed E-state index contributed by atoms with van der Waals surface area (Å²) in [6.07, 6.45) is 0.193. The second kappa shape index (κ2) is 22.5. The number of ether oxygens (including phenoxy) is 3. The Hall–Kier alpha value is -5.63. The SMILES string of the molecule is CC[C@@H](C)[C@H](OC(=O)[C@H](Cc1ccc(OC)cc1)N(C)C)C(=O)N[C@H](C(=O)N(C)[C@@H](Cc1ccc(O)cc1)C(=O)N(C)[C@H](CCc1ccc(O)cc1)C(=O)OC)C(C)C. The van der Waals surface area contributed by atoms with Crippen LogP contribution in [0.4, 0.5) is 0 Å². The van der Waals surface area contributed by atoms with Gasteiger partial charge in [-0.15, -0.1) is 0 Å². The molecule has 3 N–H and O–H groups in total. The molecule has 0 aromatic heterocycles. The number of aryl methyl sites for hydroxylation is 1. The number of carbonyl (C=O) groups is 5. The highest BCUT2D eigenvalue weighted by Crippen LogP contribution is 2.22. The van der Waals surface area contributed by atoms with Crippen molar-refractivity contribution in [3.63, 3.8) is 0 Å². The Kier molecular flexibility index (Phi) is 18.2. The number of benzene rings is 3. The Morgan fingerprint density at radius 1 is 0.661 bits per heavy atom. The van der Waals surface area contributed by atoms with Gasteiger partial charge in [-0.05, 0) is 98.8 Å². The minimum atomic E-state index is -1.22. The number of esters is 2. The van der Waals surface area contributed by atoms with Crippen molar-refractivity contribution in [1.29, 1.82) is 0 Å². The van der Waals surface area contributed by atoms with E-state index in [9.17, 15) is 34.2 Å². The van der Waals surface area contributed by atoms with Crippen molar-refractivity contribution >= 4 is 29.7 Å². The van der Waals surface area contributed by atoms with Crippen molar-refractivity contribution in [1.82, 2.24) is 20.0 Å². The third-order valence-electron chi connectivity index (χ3n) is 10.8. The van der Waals surface area contributed by atoms with Gasteiger partial charge in [0, 0.05) is 26.4 Å². The first-order valence-electron chi connectivity index (χ1n) is 19.9. The number of hydrogen-bond acceptors (Lipinski definition) is 11. The number of likely N-dealkylation sites (N-methyl/N-ethyl adjacent to an activating group) is 3. The lowest BCUT2D eigenvalue weighted by atomic mass is 9.96. The summed E-state index contributed by atoms with van der Waals surface area (Å²) in [5.41, 5.74) is 2.33. The monoisotopic (exact) mass is 818 g/mol. The standard InChI is InChI=1S/C45H62N4O10/c1-11-29(4)40(59-45(56)38(47(5)6)27-32-16-23-35(57-9)24-17-32)41(52)46-39(28(2)3)43(54)49(8)37(26-31-14-21-34(51)22-15-31)42(53)48(7)36(44(55)58-10)25-18-30-12-19-33(50)20-13-30/h12-17,19-24,28-29,36-40,50-51H,11,18,25-27H2,1-10H3,(H,46,52)/t29-,36-,37+,38+,39+,40+/m1/s1. The molecule has 3 aromatic carbocycles. The van der Waals surface area contributed by atoms with Gasteiger partial charge in [0.2, 0.25) is 11.8 Å². The Balaban J connectivity index is 1.90. The van der Waals surface area contributed by atoms with Gasteiger partial charge < -0.3 is 39.5 Å². The van der Waals surface area contributed by atoms with Gasteiger partial charge in [-0.2, -0.15) is 0 Å². The van der Waals surface area contributed by atoms with Crippen LogP contribution in [0.25, 0.3) is 0 Å². The van der Waals surface area contributed by atoms with Gasteiger partial charge in [0.15, 0.2) is 6.10 Å². The van der Waals surface area contributed by atoms with E-state index in [2.05, 4.69) is 5.32 Å². The Bertz CT molecular complexity index is 1830. The lowest BCUT2D eigenvalue weighted by Gasteiger charge is -2.36. The molecule has 0 saturated heterocycles. The Labute approximate surface area is 348 Å². The van der Waals surface area contributed by atoms with Crippen LogP contribution in [0.1, 0.15) is 57.2 Å². The number of methoxy groups -OCH3 is 2. The second-order valence-corrected chi connectivity index (χ2v) is 15.5. The van der Waals surface area contributed by atoms with Crippen molar-refractivity contribution in [2.45, 2.75) is 90.1 Å². The number of phenols is 2. The normalized spacial score (nSPS) is 14.3. The molecule has 322 valence electrons. The molecule has 0 aliphatic rings. The van der Waals surface area contributed by atoms with Crippen LogP contribution in [0.15, 0.2) is 72.8 Å². The van der Waals surface area contributed by atoms with Crippen LogP contribution in [0, 0.1) is 11.8 Å². The van der Waals surface area contributed by atoms with E-state index in [1.807, 2.05) is 19.1 Å². The predicted molar refractivity (Wildman–Crippen MR) is 224 cm³/mol. The lowest BCUT2D eigenvalue weighted by molar-refractivity contribution is -0.164. The largest absolute Gasteiger partial charge is 0.508 e. The zero-order chi connectivity index (χ0) is 44.0. The summed E-state index contributed by atoms with van der Waals surface area (Å²) in [5, 5.41) is 22.5. The summed E-state index contributed by atoms with van der Waals surface area (Å²) in [6.45, 7) is 7.20. The van der Waals surface area contributed by atoms with Crippen LogP contribution < -0.4 is 10.1 Å². The summed E-state index contributed by atoms with van der Waals surface area (Å²) < 4.78 is 16.3. The summed E-state index contributed by atoms with van der Waals surface area (Å²) in [4.78, 5) is 74.3. The number of amides is 3. The number of nitrogens with one attached hydrogen (secondary N) is 1. The molecule has 0 saturated carbocycles. The van der Waals surface area contributed by atoms with E-state index in [0.717, 1.165) is 11.1 Å². The average Bonchev–Trinajstić information content (AvgIpc) is 3.22. The van der Waals surface area contributed by atoms with Gasteiger partial charge in [0.25, 0.3) is 5.91 Å². The van der Waals surface area contributed by atoms with Gasteiger partial charge in [0.1, 0.15) is 41.4 Å². The van der Waals surface area contributed by atoms with Gasteiger partial charge in [-0.3, -0.25) is 24.1 Å². The molecule has 14 heteroatoms. The highest BCUT2D eigenvalue weighted by molar-refractivity contribution is 5.95. The molecular weight excluding hydrogens is 757 g/mol. The van der Waals surface area contributed by atoms with Crippen molar-refractivity contribution in [2.75, 3.05) is 42.4 Å². The van der Waals surface area contributed by atoms with Crippen LogP contribution in [0.5, 0.6) is 17.2 Å². The van der Waals surface area contributed by atoms with E-state index in [-0.39, 0.29) is 24.3 Å². The summed E-state index contributed by atoms with van der Waals surface area (Å²) in [5.74, 6) is -3.06. The molecule has 0 aliphatic carbocycles. The van der Waals surface area contributed by atoms with E-state index in [4.69, 9.17) is 14.2 Å². The molecule has 0 radical (unpaired) electrons. The number of nitrogens with zero attached hydrogens (tertiary/aromatic N) is 3. The average molecular weight is 819 g/mol. The number of carbonyl (C=O) groups excluding carboxylic acids is 5. The van der Waals surface area contributed by atoms with Gasteiger partial charge >= 0.3 is 11.9 Å². The number of aromatic hydroxyl groups is 2. The maximum atomic E-state index is 14.5. The predicted octanol–water partition coefficient (Wildman–Crippen LogP) is 4.38. The minimum absolute atomic E-state index is 0.0174. The zero-order valence-corrected chi connectivity index (χ0v) is 36.0. The summed E-state index contributed by atoms with van der Waals surface area (Å²) in [7, 11) is 9.27. The summed E-state index contributed by atoms with van der Waals surface area (Å²) >= 11 is 0. The fourth-order valence-electron chi connectivity index (χ4n) is 6.63. The van der Waals surface area contributed by atoms with Gasteiger partial charge in [0.05, 0.1) is 14.2 Å². The fraction of sp³-hybridized carbons (Fsp3) is 0.489. The third kappa shape index (κ3) is 13.5. The first-order valence-corrected chi connectivity index (χ1v) is 19.9. The maximum Gasteiger partial charge on any atom is 0.328 e. The van der Waals surface area contributed by atoms with Crippen LogP contribution in [-0.2, 0) is 52.7 Å². The minimum Gasteiger partial charge on any atom is -0.508 e. The third-order valence-corrected chi connectivity index (χ3v) is 10.8. The highest BCUT2D eigenvalue weighted by atomic mass is 16.6. The quantitative estimate of drug-likeness (QED) is 0.130. The highest BCUT2D eigenvalue weighted by Gasteiger charge is 2.40. The molecule has 0 unspecified atom stereocenters. The van der Waals surface area contributed by atoms with E-state index in [0.29, 0.717) is 30.6 Å². The van der Waals surface area contributed by atoms with E-state index >= 15 is 0 Å². The molecular formula is C45H62N4O10. The molecule has 3 amide bonds. The number of rotatable bonds is 21. The molecule has 0 bridgehead atoms. The fourth-order valence-corrected chi connectivity index (χ4v) is 6.63. The van der Waals surface area contributed by atoms with Gasteiger partial charge in [-0.1, -0.05) is 64.1 Å². The molecule has 0 aliphatic heterocycles. The van der Waals surface area contributed by atoms with E-state index in [1.165, 1.54) is 55.3 Å². The molecule has 3 aromatic rings. The van der Waals surface area contributed by atoms with Crippen LogP contribution in [0.2, 0.25) is 0 Å². The zero-order valence-electron chi connectivity index (χ0n) is 36.0. The van der Waals surface area contributed by atoms with Crippen LogP contribution >= 0.6 is 0 Å². The Morgan fingerprint density at radius 3 is 1.63 bits per heavy atom. The Morgan fingerprint density at radius 2 is 1.15 bits per heavy atom. The van der Waals surface area contributed by atoms with Crippen molar-refractivity contribution in [2.24, 2.45) is 11.8 Å². The molecule has 0 spiro atoms. The molecule has 6 atom stereocenters. The van der Waals surface area contributed by atoms with Crippen LogP contribution in [-0.4, -0.2) is 127 Å². The van der Waals surface area contributed by atoms with Crippen molar-refractivity contribution in [3.8, 4) is 17.2 Å². The topological polar surface area (TPSA) is 175 Å². The molecule has 0 fully saturated rings. The summed E-state index contributed by atoms with van der Waals surface area (Å²) in [6, 6.07) is 16.1. The first kappa shape index (κ1) is 47.7. The second-order valence-electron chi connectivity index (χ2n) is 15.5. The molecule has 3 rings (SSSR count). The smallest absolute Gasteiger partial charge is 0.328 e. The molecule has 14 nitrogen and oxygen atoms in total. The number of hydrogen-bond donors (Lipinski definition) is 3. The van der Waals surface area contributed by atoms with E-state index in [1.54, 1.807) is 83.3 Å². The molecule has 59 heavy (non-hydrogen) atoms. The van der Waals surface area contributed by atoms with Crippen molar-refractivity contribution in [3.05, 3.63) is 89.5 Å². The molecule has 0 heterocycles. The lowest BCUT2D eigenvalue weighted by Crippen LogP contribution is -2.59. The van der Waals surface area contributed by atoms with E-state index < -0.39 is 71.8 Å². The van der Waals surface area contributed by atoms with Gasteiger partial charge in [-0.25, -0.2) is 4.79 Å². The first-order chi connectivity index (χ1) is 27.9. The maximum absolute atomic E-state index is 14.5. The number of phenolic OH excluding ortho intramolecular Hbond substituents is 2. The van der Waals surface area contributed by atoms with Crippen molar-refractivity contribution < 1.29 is 48.4 Å².